The molecule has 39 valence electrons. The van der Waals surface area contributed by atoms with Gasteiger partial charge >= 0.3 is 15.5 Å². The first-order valence-corrected chi connectivity index (χ1v) is 3.37. The van der Waals surface area contributed by atoms with Crippen molar-refractivity contribution in [1.29, 1.82) is 0 Å². The molecule has 1 atom stereocenters. The van der Waals surface area contributed by atoms with Gasteiger partial charge in [-0.15, -0.1) is 0 Å². The van der Waals surface area contributed by atoms with Crippen LogP contribution in [0.1, 0.15) is 0 Å². The van der Waals surface area contributed by atoms with Crippen LogP contribution in [0.25, 0.3) is 0 Å². The molecule has 1 rings (SSSR count). The van der Waals surface area contributed by atoms with E-state index >= 15 is 0 Å². The first-order chi connectivity index (χ1) is 3.27. The van der Waals surface area contributed by atoms with E-state index in [1.54, 1.807) is 9.47 Å². The second kappa shape index (κ2) is 1.84. The van der Waals surface area contributed by atoms with Gasteiger partial charge in [0.25, 0.3) is 0 Å². The minimum atomic E-state index is -3.07. The molecule has 7 heteroatoms. The molecule has 7 heavy (non-hydrogen) atoms. The third-order valence-corrected chi connectivity index (χ3v) is 2.19. The lowest BCUT2D eigenvalue weighted by atomic mass is 10.4. The Kier molecular flexibility index (Phi) is 1.51. The van der Waals surface area contributed by atoms with Crippen molar-refractivity contribution in [3.8, 4) is 0 Å². The predicted molar refractivity (Wildman–Crippen MR) is 26.3 cm³/mol. The molecule has 1 unspecified atom stereocenters. The summed E-state index contributed by atoms with van der Waals surface area (Å²) in [5, 5.41) is 0. The molecule has 0 bridgehead atoms. The van der Waals surface area contributed by atoms with Gasteiger partial charge in [-0.2, -0.15) is 0 Å². The summed E-state index contributed by atoms with van der Waals surface area (Å²) in [5.74, 6) is 0. The van der Waals surface area contributed by atoms with Gasteiger partial charge < -0.3 is 8.88 Å². The Morgan fingerprint density at radius 1 is 1.71 bits per heavy atom. The number of hydrogen-bond donors (Lipinski definition) is 0. The Labute approximate surface area is 43.7 Å². The molecule has 0 aliphatic carbocycles. The van der Waals surface area contributed by atoms with Crippen LogP contribution in [0.3, 0.4) is 0 Å². The van der Waals surface area contributed by atoms with E-state index in [4.69, 9.17) is 0 Å². The van der Waals surface area contributed by atoms with Crippen molar-refractivity contribution in [3.05, 3.63) is 0 Å². The monoisotopic (exact) mass is 139 g/mol. The molecule has 1 aliphatic rings. The third kappa shape index (κ3) is 1.04. The molecule has 1 heterocycles. The van der Waals surface area contributed by atoms with E-state index in [0.717, 1.165) is 7.69 Å². The van der Waals surface area contributed by atoms with Crippen LogP contribution in [-0.2, 0) is 17.8 Å². The van der Waals surface area contributed by atoms with Crippen LogP contribution in [0.5, 0.6) is 0 Å². The van der Waals surface area contributed by atoms with Crippen LogP contribution in [0.4, 0.5) is 0 Å². The summed E-state index contributed by atoms with van der Waals surface area (Å²) in [6.45, 7) is 0. The van der Waals surface area contributed by atoms with Gasteiger partial charge in [0.1, 0.15) is 0 Å². The van der Waals surface area contributed by atoms with Gasteiger partial charge in [0, 0.05) is 9.47 Å². The van der Waals surface area contributed by atoms with Crippen LogP contribution < -0.4 is 0 Å². The van der Waals surface area contributed by atoms with Gasteiger partial charge in [0.15, 0.2) is 0 Å². The highest BCUT2D eigenvalue weighted by Gasteiger charge is 2.36. The zero-order valence-corrected chi connectivity index (χ0v) is 5.28. The van der Waals surface area contributed by atoms with Crippen LogP contribution in [0, 0.1) is 0 Å². The first-order valence-electron chi connectivity index (χ1n) is 1.44. The molecular weight excluding hydrogens is 137 g/mol. The molecule has 1 radical (unpaired) electrons. The zero-order valence-electron chi connectivity index (χ0n) is 3.23. The number of phosphoric acid groups is 1. The summed E-state index contributed by atoms with van der Waals surface area (Å²) < 4.78 is 23.0. The van der Waals surface area contributed by atoms with E-state index in [1.165, 1.54) is 0 Å². The standard InChI is InChI=1S/BH2O4P2/c2-7(5-6)3-1-4-7/h6H2. The van der Waals surface area contributed by atoms with Gasteiger partial charge in [0.2, 0.25) is 0 Å². The van der Waals surface area contributed by atoms with Gasteiger partial charge in [-0.3, -0.25) is 4.31 Å². The average molecular weight is 139 g/mol. The fourth-order valence-electron chi connectivity index (χ4n) is 0.163. The van der Waals surface area contributed by atoms with Gasteiger partial charge in [-0.05, 0) is 0 Å². The summed E-state index contributed by atoms with van der Waals surface area (Å²) in [5.41, 5.74) is 0. The van der Waals surface area contributed by atoms with E-state index in [2.05, 4.69) is 13.2 Å². The quantitative estimate of drug-likeness (QED) is 0.391. The maximum Gasteiger partial charge on any atom is 0.505 e. The Bertz CT molecular complexity index is 94.0. The molecule has 0 saturated carbocycles. The molecule has 0 aromatic rings. The van der Waals surface area contributed by atoms with Crippen LogP contribution in [0.15, 0.2) is 0 Å². The van der Waals surface area contributed by atoms with E-state index < -0.39 is 7.82 Å². The third-order valence-electron chi connectivity index (χ3n) is 0.473. The van der Waals surface area contributed by atoms with E-state index in [0.29, 0.717) is 0 Å². The summed E-state index contributed by atoms with van der Waals surface area (Å²) in [4.78, 5) is 0. The molecule has 4 nitrogen and oxygen atoms in total. The average Bonchev–Trinajstić information content (AvgIpc) is 1.61. The Hall–Kier alpha value is 0.605. The predicted octanol–water partition coefficient (Wildman–Crippen LogP) is 0.482. The summed E-state index contributed by atoms with van der Waals surface area (Å²) in [7, 11) is -0.316. The van der Waals surface area contributed by atoms with Crippen molar-refractivity contribution < 1.29 is 17.8 Å². The van der Waals surface area contributed by atoms with Crippen LogP contribution in [0.2, 0.25) is 0 Å². The highest BCUT2D eigenvalue weighted by Crippen LogP contribution is 2.56. The van der Waals surface area contributed by atoms with Crippen molar-refractivity contribution in [2.45, 2.75) is 0 Å². The Balaban J connectivity index is 2.45. The lowest BCUT2D eigenvalue weighted by Gasteiger charge is -2.21. The fraction of sp³-hybridized carbons (Fsp3) is 0. The maximum atomic E-state index is 10.3. The van der Waals surface area contributed by atoms with Crippen LogP contribution in [-0.4, -0.2) is 7.69 Å². The van der Waals surface area contributed by atoms with E-state index in [9.17, 15) is 4.57 Å². The van der Waals surface area contributed by atoms with E-state index in [1.807, 2.05) is 0 Å². The molecule has 1 aliphatic heterocycles. The van der Waals surface area contributed by atoms with Crippen molar-refractivity contribution >= 4 is 25.0 Å². The minimum Gasteiger partial charge on any atom is -0.320 e. The molecule has 1 fully saturated rings. The van der Waals surface area contributed by atoms with Gasteiger partial charge in [-0.25, -0.2) is 4.57 Å². The molecule has 1 saturated heterocycles. The highest BCUT2D eigenvalue weighted by atomic mass is 31.2. The summed E-state index contributed by atoms with van der Waals surface area (Å²) in [6, 6.07) is 0. The van der Waals surface area contributed by atoms with Crippen molar-refractivity contribution in [2.24, 2.45) is 0 Å². The minimum absolute atomic E-state index is 0.963. The largest absolute Gasteiger partial charge is 0.505 e. The number of hydrogen-bond acceptors (Lipinski definition) is 4. The molecule has 0 aromatic carbocycles. The lowest BCUT2D eigenvalue weighted by molar-refractivity contribution is 0.241. The molecular formula is H2BO4P2. The first kappa shape index (κ1) is 5.74. The topological polar surface area (TPSA) is 44.8 Å². The molecule has 0 N–H and O–H groups in total. The van der Waals surface area contributed by atoms with Gasteiger partial charge in [0.05, 0.1) is 0 Å². The molecule has 0 amide bonds. The van der Waals surface area contributed by atoms with Crippen molar-refractivity contribution in [3.63, 3.8) is 0 Å². The zero-order chi connectivity index (χ0) is 5.33. The SMILES string of the molecule is O=P1(OP)O[B]O1. The van der Waals surface area contributed by atoms with Crippen molar-refractivity contribution in [2.75, 3.05) is 0 Å². The Morgan fingerprint density at radius 3 is 2.29 bits per heavy atom. The maximum absolute atomic E-state index is 10.3. The van der Waals surface area contributed by atoms with E-state index in [-0.39, 0.29) is 0 Å². The van der Waals surface area contributed by atoms with Gasteiger partial charge in [-0.1, -0.05) is 0 Å². The highest BCUT2D eigenvalue weighted by molar-refractivity contribution is 7.57. The molecule has 0 spiro atoms. The second-order valence-corrected chi connectivity index (χ2v) is 3.02. The fourth-order valence-corrected chi connectivity index (χ4v) is 0.787. The normalized spacial score (nSPS) is 25.3. The lowest BCUT2D eigenvalue weighted by Crippen LogP contribution is -2.13. The second-order valence-electron chi connectivity index (χ2n) is 0.860. The Morgan fingerprint density at radius 2 is 2.29 bits per heavy atom. The van der Waals surface area contributed by atoms with Crippen molar-refractivity contribution in [1.82, 2.24) is 0 Å². The number of rotatable bonds is 1. The summed E-state index contributed by atoms with van der Waals surface area (Å²) >= 11 is 0. The smallest absolute Gasteiger partial charge is 0.320 e. The van der Waals surface area contributed by atoms with Crippen LogP contribution >= 0.6 is 17.3 Å². The summed E-state index contributed by atoms with van der Waals surface area (Å²) in [6.07, 6.45) is 0. The molecule has 0 aromatic heterocycles.